The molecule has 1 N–H and O–H groups in total. The van der Waals surface area contributed by atoms with Gasteiger partial charge in [-0.15, -0.1) is 0 Å². The first-order chi connectivity index (χ1) is 11.5. The summed E-state index contributed by atoms with van der Waals surface area (Å²) in [6.07, 6.45) is 0. The molecule has 2 aromatic carbocycles. The predicted octanol–water partition coefficient (Wildman–Crippen LogP) is 4.36. The van der Waals surface area contributed by atoms with Gasteiger partial charge in [0, 0.05) is 5.56 Å². The first kappa shape index (κ1) is 16.4. The van der Waals surface area contributed by atoms with Crippen molar-refractivity contribution in [2.75, 3.05) is 19.0 Å². The zero-order valence-electron chi connectivity index (χ0n) is 13.6. The van der Waals surface area contributed by atoms with Crippen LogP contribution in [0, 0.1) is 19.7 Å². The number of anilines is 1. The zero-order chi connectivity index (χ0) is 17.3. The summed E-state index contributed by atoms with van der Waals surface area (Å²) in [7, 11) is 1.39. The maximum absolute atomic E-state index is 13.7. The molecular weight excluding hydrogens is 327 g/mol. The summed E-state index contributed by atoms with van der Waals surface area (Å²) in [5, 5.41) is 3.71. The molecule has 1 aromatic heterocycles. The standard InChI is InChI=1S/C18H17FN2O2S/c1-10-6-11(2)17-16(7-10)24-18(21-17)20-9-14(22)12-4-5-15(23-3)13(19)8-12/h4-8H,9H2,1-3H3,(H,20,21). The van der Waals surface area contributed by atoms with Gasteiger partial charge < -0.3 is 10.1 Å². The van der Waals surface area contributed by atoms with E-state index in [0.717, 1.165) is 15.8 Å². The van der Waals surface area contributed by atoms with Gasteiger partial charge >= 0.3 is 0 Å². The molecule has 4 nitrogen and oxygen atoms in total. The molecule has 0 radical (unpaired) electrons. The molecule has 0 spiro atoms. The van der Waals surface area contributed by atoms with Gasteiger partial charge in [-0.1, -0.05) is 17.4 Å². The van der Waals surface area contributed by atoms with Crippen molar-refractivity contribution in [1.82, 2.24) is 4.98 Å². The number of rotatable bonds is 5. The normalized spacial score (nSPS) is 10.8. The predicted molar refractivity (Wildman–Crippen MR) is 94.9 cm³/mol. The molecule has 6 heteroatoms. The summed E-state index contributed by atoms with van der Waals surface area (Å²) >= 11 is 1.50. The number of hydrogen-bond acceptors (Lipinski definition) is 5. The third-order valence-corrected chi connectivity index (χ3v) is 4.66. The molecule has 1 heterocycles. The third kappa shape index (κ3) is 3.23. The quantitative estimate of drug-likeness (QED) is 0.699. The number of nitrogens with zero attached hydrogens (tertiary/aromatic N) is 1. The number of fused-ring (bicyclic) bond motifs is 1. The van der Waals surface area contributed by atoms with Crippen LogP contribution in [0.1, 0.15) is 21.5 Å². The van der Waals surface area contributed by atoms with Gasteiger partial charge in [-0.25, -0.2) is 9.37 Å². The highest BCUT2D eigenvalue weighted by Gasteiger charge is 2.12. The number of ether oxygens (including phenoxy) is 1. The fraction of sp³-hybridized carbons (Fsp3) is 0.222. The molecule has 24 heavy (non-hydrogen) atoms. The first-order valence-electron chi connectivity index (χ1n) is 7.46. The van der Waals surface area contributed by atoms with Crippen molar-refractivity contribution in [1.29, 1.82) is 0 Å². The molecule has 0 aliphatic heterocycles. The monoisotopic (exact) mass is 344 g/mol. The number of ketones is 1. The Bertz CT molecular complexity index is 921. The summed E-state index contributed by atoms with van der Waals surface area (Å²) in [5.74, 6) is -0.630. The number of methoxy groups -OCH3 is 1. The topological polar surface area (TPSA) is 51.2 Å². The smallest absolute Gasteiger partial charge is 0.184 e. The van der Waals surface area contributed by atoms with Crippen molar-refractivity contribution in [2.24, 2.45) is 0 Å². The molecule has 0 aliphatic rings. The lowest BCUT2D eigenvalue weighted by Gasteiger charge is -2.05. The van der Waals surface area contributed by atoms with Gasteiger partial charge in [-0.05, 0) is 49.2 Å². The van der Waals surface area contributed by atoms with E-state index in [1.807, 2.05) is 13.8 Å². The lowest BCUT2D eigenvalue weighted by atomic mass is 10.1. The van der Waals surface area contributed by atoms with E-state index >= 15 is 0 Å². The highest BCUT2D eigenvalue weighted by atomic mass is 32.1. The van der Waals surface area contributed by atoms with E-state index in [1.54, 1.807) is 6.07 Å². The van der Waals surface area contributed by atoms with Gasteiger partial charge in [0.1, 0.15) is 0 Å². The molecule has 0 fully saturated rings. The SMILES string of the molecule is COc1ccc(C(=O)CNc2nc3c(C)cc(C)cc3s2)cc1F. The fourth-order valence-electron chi connectivity index (χ4n) is 2.54. The van der Waals surface area contributed by atoms with E-state index < -0.39 is 5.82 Å². The molecule has 0 saturated carbocycles. The summed E-state index contributed by atoms with van der Waals surface area (Å²) in [6.45, 7) is 4.12. The molecule has 3 aromatic rings. The van der Waals surface area contributed by atoms with Crippen molar-refractivity contribution in [3.63, 3.8) is 0 Å². The zero-order valence-corrected chi connectivity index (χ0v) is 14.5. The summed E-state index contributed by atoms with van der Waals surface area (Å²) < 4.78 is 19.6. The second-order valence-corrected chi connectivity index (χ2v) is 6.60. The van der Waals surface area contributed by atoms with Crippen LogP contribution in [0.3, 0.4) is 0 Å². The van der Waals surface area contributed by atoms with Gasteiger partial charge in [0.15, 0.2) is 22.5 Å². The summed E-state index contributed by atoms with van der Waals surface area (Å²) in [6, 6.07) is 8.35. The number of aromatic nitrogens is 1. The number of hydrogen-bond donors (Lipinski definition) is 1. The van der Waals surface area contributed by atoms with Crippen LogP contribution in [-0.2, 0) is 0 Å². The number of Topliss-reactive ketones (excluding diaryl/α,β-unsaturated/α-hetero) is 1. The second kappa shape index (κ2) is 6.57. The van der Waals surface area contributed by atoms with Gasteiger partial charge in [0.25, 0.3) is 0 Å². The van der Waals surface area contributed by atoms with Gasteiger partial charge in [-0.3, -0.25) is 4.79 Å². The number of thiazole rings is 1. The molecule has 124 valence electrons. The van der Waals surface area contributed by atoms with E-state index in [1.165, 1.54) is 36.1 Å². The Morgan fingerprint density at radius 2 is 2.08 bits per heavy atom. The highest BCUT2D eigenvalue weighted by molar-refractivity contribution is 7.22. The van der Waals surface area contributed by atoms with E-state index in [2.05, 4.69) is 22.4 Å². The van der Waals surface area contributed by atoms with Crippen LogP contribution in [0.25, 0.3) is 10.2 Å². The van der Waals surface area contributed by atoms with Gasteiger partial charge in [0.2, 0.25) is 0 Å². The molecule has 3 rings (SSSR count). The Balaban J connectivity index is 1.74. The van der Waals surface area contributed by atoms with Crippen LogP contribution in [0.5, 0.6) is 5.75 Å². The number of nitrogens with one attached hydrogen (secondary N) is 1. The van der Waals surface area contributed by atoms with Crippen LogP contribution < -0.4 is 10.1 Å². The Morgan fingerprint density at radius 3 is 2.79 bits per heavy atom. The molecular formula is C18H17FN2O2S. The number of carbonyl (C=O) groups is 1. The average Bonchev–Trinajstić information content (AvgIpc) is 2.95. The molecule has 0 bridgehead atoms. The van der Waals surface area contributed by atoms with Gasteiger partial charge in [-0.2, -0.15) is 0 Å². The average molecular weight is 344 g/mol. The molecule has 0 aliphatic carbocycles. The number of aryl methyl sites for hydroxylation is 2. The van der Waals surface area contributed by atoms with Crippen LogP contribution in [-0.4, -0.2) is 24.4 Å². The van der Waals surface area contributed by atoms with E-state index in [-0.39, 0.29) is 18.1 Å². The lowest BCUT2D eigenvalue weighted by Crippen LogP contribution is -2.14. The molecule has 0 amide bonds. The van der Waals surface area contributed by atoms with E-state index in [4.69, 9.17) is 4.74 Å². The van der Waals surface area contributed by atoms with Crippen LogP contribution in [0.2, 0.25) is 0 Å². The Labute approximate surface area is 143 Å². The molecule has 0 saturated heterocycles. The summed E-state index contributed by atoms with van der Waals surface area (Å²) in [5.41, 5.74) is 3.53. The summed E-state index contributed by atoms with van der Waals surface area (Å²) in [4.78, 5) is 16.7. The Morgan fingerprint density at radius 1 is 1.29 bits per heavy atom. The highest BCUT2D eigenvalue weighted by Crippen LogP contribution is 2.29. The largest absolute Gasteiger partial charge is 0.494 e. The molecule has 0 atom stereocenters. The van der Waals surface area contributed by atoms with Crippen molar-refractivity contribution < 1.29 is 13.9 Å². The third-order valence-electron chi connectivity index (χ3n) is 3.70. The van der Waals surface area contributed by atoms with Crippen molar-refractivity contribution in [3.05, 3.63) is 52.8 Å². The molecule has 0 unspecified atom stereocenters. The fourth-order valence-corrected chi connectivity index (χ4v) is 3.58. The van der Waals surface area contributed by atoms with E-state index in [9.17, 15) is 9.18 Å². The Kier molecular flexibility index (Phi) is 4.49. The first-order valence-corrected chi connectivity index (χ1v) is 8.28. The van der Waals surface area contributed by atoms with Crippen molar-refractivity contribution >= 4 is 32.5 Å². The Hall–Kier alpha value is -2.47. The van der Waals surface area contributed by atoms with Crippen LogP contribution in [0.15, 0.2) is 30.3 Å². The van der Waals surface area contributed by atoms with Gasteiger partial charge in [0.05, 0.1) is 23.9 Å². The minimum absolute atomic E-state index is 0.0591. The van der Waals surface area contributed by atoms with Crippen molar-refractivity contribution in [3.8, 4) is 5.75 Å². The van der Waals surface area contributed by atoms with Crippen molar-refractivity contribution in [2.45, 2.75) is 13.8 Å². The lowest BCUT2D eigenvalue weighted by molar-refractivity contribution is 0.101. The minimum atomic E-state index is -0.547. The van der Waals surface area contributed by atoms with E-state index in [0.29, 0.717) is 10.7 Å². The maximum Gasteiger partial charge on any atom is 0.184 e. The maximum atomic E-state index is 13.7. The number of halogens is 1. The second-order valence-electron chi connectivity index (χ2n) is 5.57. The van der Waals surface area contributed by atoms with Crippen LogP contribution in [0.4, 0.5) is 9.52 Å². The minimum Gasteiger partial charge on any atom is -0.494 e. The number of benzene rings is 2. The number of carbonyl (C=O) groups excluding carboxylic acids is 1. The van der Waals surface area contributed by atoms with Crippen LogP contribution >= 0.6 is 11.3 Å².